The quantitative estimate of drug-likeness (QED) is 0.328. The van der Waals surface area contributed by atoms with Crippen molar-refractivity contribution in [1.29, 1.82) is 0 Å². The molecule has 2 N–H and O–H groups in total. The van der Waals surface area contributed by atoms with Crippen LogP contribution in [0.25, 0.3) is 0 Å². The number of aryl methyl sites for hydroxylation is 1. The van der Waals surface area contributed by atoms with E-state index in [2.05, 4.69) is 34.7 Å². The van der Waals surface area contributed by atoms with E-state index in [1.54, 1.807) is 34.5 Å². The van der Waals surface area contributed by atoms with Crippen molar-refractivity contribution in [3.63, 3.8) is 0 Å². The van der Waals surface area contributed by atoms with Gasteiger partial charge in [0.1, 0.15) is 0 Å². The molecule has 0 unspecified atom stereocenters. The molecule has 0 amide bonds. The Morgan fingerprint density at radius 1 is 1.24 bits per heavy atom. The Morgan fingerprint density at radius 2 is 1.92 bits per heavy atom. The predicted molar refractivity (Wildman–Crippen MR) is 120 cm³/mol. The van der Waals surface area contributed by atoms with Crippen LogP contribution in [0.5, 0.6) is 0 Å². The Bertz CT molecular complexity index is 643. The molecule has 1 aliphatic heterocycles. The molecule has 0 atom stereocenters. The van der Waals surface area contributed by atoms with Gasteiger partial charge in [-0.15, -0.1) is 35.3 Å². The average Bonchev–Trinajstić information content (AvgIpc) is 3.06. The molecule has 10 heteroatoms. The Hall–Kier alpha value is -0.0400. The van der Waals surface area contributed by atoms with Crippen LogP contribution in [0.4, 0.5) is 0 Å². The van der Waals surface area contributed by atoms with Gasteiger partial charge in [0.05, 0.1) is 12.3 Å². The minimum absolute atomic E-state index is 0. The Labute approximate surface area is 176 Å². The molecule has 1 aromatic heterocycles. The van der Waals surface area contributed by atoms with Crippen molar-refractivity contribution in [1.82, 2.24) is 14.9 Å². The molecular formula is C15H27IN4O2S3. The van der Waals surface area contributed by atoms with Crippen LogP contribution in [0, 0.1) is 0 Å². The van der Waals surface area contributed by atoms with Gasteiger partial charge in [-0.05, 0) is 18.6 Å². The molecule has 144 valence electrons. The number of halogens is 1. The van der Waals surface area contributed by atoms with Crippen molar-refractivity contribution in [2.75, 3.05) is 43.9 Å². The molecule has 0 saturated carbocycles. The van der Waals surface area contributed by atoms with Gasteiger partial charge >= 0.3 is 0 Å². The van der Waals surface area contributed by atoms with Crippen LogP contribution in [-0.2, 0) is 23.0 Å². The molecule has 2 heterocycles. The molecule has 0 aliphatic carbocycles. The van der Waals surface area contributed by atoms with Gasteiger partial charge in [-0.25, -0.2) is 12.7 Å². The molecule has 1 fully saturated rings. The molecule has 0 spiro atoms. The molecule has 1 aliphatic rings. The highest BCUT2D eigenvalue weighted by molar-refractivity contribution is 14.0. The SMILES string of the molecule is CCc1ccc(CNC(=NC)NCCS(=O)(=O)N2CCSCC2)s1.I. The van der Waals surface area contributed by atoms with Crippen molar-refractivity contribution in [3.05, 3.63) is 21.9 Å². The lowest BCUT2D eigenvalue weighted by Crippen LogP contribution is -2.44. The fraction of sp³-hybridized carbons (Fsp3) is 0.667. The average molecular weight is 519 g/mol. The summed E-state index contributed by atoms with van der Waals surface area (Å²) in [6.07, 6.45) is 1.05. The summed E-state index contributed by atoms with van der Waals surface area (Å²) in [5, 5.41) is 6.31. The first-order valence-electron chi connectivity index (χ1n) is 8.13. The van der Waals surface area contributed by atoms with Gasteiger partial charge in [0.25, 0.3) is 0 Å². The maximum absolute atomic E-state index is 12.3. The second-order valence-electron chi connectivity index (χ2n) is 5.40. The minimum Gasteiger partial charge on any atom is -0.355 e. The van der Waals surface area contributed by atoms with E-state index >= 15 is 0 Å². The first-order chi connectivity index (χ1) is 11.5. The van der Waals surface area contributed by atoms with E-state index in [0.29, 0.717) is 32.1 Å². The van der Waals surface area contributed by atoms with Gasteiger partial charge in [-0.3, -0.25) is 4.99 Å². The van der Waals surface area contributed by atoms with E-state index in [-0.39, 0.29) is 29.7 Å². The van der Waals surface area contributed by atoms with Crippen molar-refractivity contribution in [2.45, 2.75) is 19.9 Å². The van der Waals surface area contributed by atoms with E-state index in [1.807, 2.05) is 0 Å². The van der Waals surface area contributed by atoms with Gasteiger partial charge in [-0.1, -0.05) is 6.92 Å². The van der Waals surface area contributed by atoms with Crippen LogP contribution < -0.4 is 10.6 Å². The molecule has 1 saturated heterocycles. The Morgan fingerprint density at radius 3 is 2.52 bits per heavy atom. The lowest BCUT2D eigenvalue weighted by Gasteiger charge is -2.25. The fourth-order valence-electron chi connectivity index (χ4n) is 2.35. The highest BCUT2D eigenvalue weighted by Crippen LogP contribution is 2.16. The van der Waals surface area contributed by atoms with Crippen LogP contribution in [-0.4, -0.2) is 62.6 Å². The summed E-state index contributed by atoms with van der Waals surface area (Å²) >= 11 is 3.59. The fourth-order valence-corrected chi connectivity index (χ4v) is 5.74. The number of guanidine groups is 1. The number of thiophene rings is 1. The molecule has 2 rings (SSSR count). The monoisotopic (exact) mass is 518 g/mol. The van der Waals surface area contributed by atoms with Crippen molar-refractivity contribution < 1.29 is 8.42 Å². The number of hydrogen-bond acceptors (Lipinski definition) is 5. The third kappa shape index (κ3) is 7.61. The third-order valence-electron chi connectivity index (χ3n) is 3.74. The summed E-state index contributed by atoms with van der Waals surface area (Å²) in [7, 11) is -1.49. The number of sulfonamides is 1. The summed E-state index contributed by atoms with van der Waals surface area (Å²) in [5.41, 5.74) is 0. The van der Waals surface area contributed by atoms with E-state index in [4.69, 9.17) is 0 Å². The highest BCUT2D eigenvalue weighted by atomic mass is 127. The molecule has 6 nitrogen and oxygen atoms in total. The van der Waals surface area contributed by atoms with E-state index < -0.39 is 10.0 Å². The Balaban J connectivity index is 0.00000312. The lowest BCUT2D eigenvalue weighted by molar-refractivity contribution is 0.443. The Kier molecular flexibility index (Phi) is 10.7. The predicted octanol–water partition coefficient (Wildman–Crippen LogP) is 1.97. The molecule has 0 aromatic carbocycles. The van der Waals surface area contributed by atoms with Crippen molar-refractivity contribution >= 4 is 63.1 Å². The third-order valence-corrected chi connectivity index (χ3v) is 7.78. The van der Waals surface area contributed by atoms with Gasteiger partial charge in [0.2, 0.25) is 10.0 Å². The summed E-state index contributed by atoms with van der Waals surface area (Å²) < 4.78 is 26.2. The number of hydrogen-bond donors (Lipinski definition) is 2. The summed E-state index contributed by atoms with van der Waals surface area (Å²) in [6.45, 7) is 4.44. The zero-order valence-electron chi connectivity index (χ0n) is 14.7. The normalized spacial score (nSPS) is 16.3. The van der Waals surface area contributed by atoms with Crippen molar-refractivity contribution in [2.24, 2.45) is 4.99 Å². The van der Waals surface area contributed by atoms with Crippen LogP contribution >= 0.6 is 47.1 Å². The van der Waals surface area contributed by atoms with Gasteiger partial charge < -0.3 is 10.6 Å². The minimum atomic E-state index is -3.18. The van der Waals surface area contributed by atoms with Crippen LogP contribution in [0.2, 0.25) is 0 Å². The van der Waals surface area contributed by atoms with Gasteiger partial charge in [0, 0.05) is 47.9 Å². The van der Waals surface area contributed by atoms with Crippen LogP contribution in [0.1, 0.15) is 16.7 Å². The van der Waals surface area contributed by atoms with Crippen molar-refractivity contribution in [3.8, 4) is 0 Å². The largest absolute Gasteiger partial charge is 0.355 e. The van der Waals surface area contributed by atoms with Crippen LogP contribution in [0.3, 0.4) is 0 Å². The topological polar surface area (TPSA) is 73.8 Å². The second-order valence-corrected chi connectivity index (χ2v) is 9.97. The molecular weight excluding hydrogens is 491 g/mol. The van der Waals surface area contributed by atoms with E-state index in [0.717, 1.165) is 17.9 Å². The zero-order chi connectivity index (χ0) is 17.4. The van der Waals surface area contributed by atoms with Gasteiger partial charge in [0.15, 0.2) is 5.96 Å². The maximum Gasteiger partial charge on any atom is 0.215 e. The van der Waals surface area contributed by atoms with Gasteiger partial charge in [-0.2, -0.15) is 11.8 Å². The number of thioether (sulfide) groups is 1. The van der Waals surface area contributed by atoms with E-state index in [9.17, 15) is 8.42 Å². The smallest absolute Gasteiger partial charge is 0.215 e. The summed E-state index contributed by atoms with van der Waals surface area (Å²) in [5.74, 6) is 2.50. The standard InChI is InChI=1S/C15H26N4O2S3.HI/c1-3-13-4-5-14(23-13)12-18-15(16-2)17-6-11-24(20,21)19-7-9-22-10-8-19;/h4-5H,3,6-12H2,1-2H3,(H2,16,17,18);1H. The first-order valence-corrected chi connectivity index (χ1v) is 11.7. The summed E-state index contributed by atoms with van der Waals surface area (Å²) in [4.78, 5) is 6.75. The highest BCUT2D eigenvalue weighted by Gasteiger charge is 2.23. The zero-order valence-corrected chi connectivity index (χ0v) is 19.4. The molecule has 0 bridgehead atoms. The molecule has 0 radical (unpaired) electrons. The number of aliphatic imine (C=N–C) groups is 1. The maximum atomic E-state index is 12.3. The lowest BCUT2D eigenvalue weighted by atomic mass is 10.4. The number of nitrogens with one attached hydrogen (secondary N) is 2. The number of rotatable bonds is 7. The van der Waals surface area contributed by atoms with Crippen LogP contribution in [0.15, 0.2) is 17.1 Å². The second kappa shape index (κ2) is 11.6. The summed E-state index contributed by atoms with van der Waals surface area (Å²) in [6, 6.07) is 4.25. The molecule has 25 heavy (non-hydrogen) atoms. The first kappa shape index (κ1) is 23.0. The molecule has 1 aromatic rings. The number of nitrogens with zero attached hydrogens (tertiary/aromatic N) is 2. The van der Waals surface area contributed by atoms with E-state index in [1.165, 1.54) is 9.75 Å².